The number of carbonyl (C=O) groups is 2. The summed E-state index contributed by atoms with van der Waals surface area (Å²) in [7, 11) is 1.40. The molecule has 0 aromatic heterocycles. The largest absolute Gasteiger partial charge is 0.507 e. The average molecular weight is 291 g/mol. The number of esters is 1. The topological polar surface area (TPSA) is 75.6 Å². The van der Waals surface area contributed by atoms with Gasteiger partial charge in [0.15, 0.2) is 0 Å². The number of carbonyl (C=O) groups excluding carboxylic acids is 2. The maximum Gasteiger partial charge on any atom is 0.308 e. The normalized spacial score (nSPS) is 21.6. The second-order valence-corrected chi connectivity index (χ2v) is 5.57. The summed E-state index contributed by atoms with van der Waals surface area (Å²) in [5, 5.41) is 12.7. The van der Waals surface area contributed by atoms with Gasteiger partial charge in [-0.1, -0.05) is 11.6 Å². The minimum absolute atomic E-state index is 0.0126. The molecule has 0 atom stereocenters. The van der Waals surface area contributed by atoms with Crippen LogP contribution < -0.4 is 5.32 Å². The van der Waals surface area contributed by atoms with E-state index >= 15 is 0 Å². The number of nitrogens with one attached hydrogen (secondary N) is 1. The SMILES string of the molecule is COC(=O)C1CCC(NC(=O)c2cc(C)ccc2O)CC1. The first-order valence-electron chi connectivity index (χ1n) is 7.19. The van der Waals surface area contributed by atoms with Crippen molar-refractivity contribution in [3.63, 3.8) is 0 Å². The summed E-state index contributed by atoms with van der Waals surface area (Å²) < 4.78 is 4.74. The number of aryl methyl sites for hydroxylation is 1. The van der Waals surface area contributed by atoms with Crippen LogP contribution in [0.5, 0.6) is 5.75 Å². The summed E-state index contributed by atoms with van der Waals surface area (Å²) in [6.07, 6.45) is 2.94. The molecule has 2 N–H and O–H groups in total. The summed E-state index contributed by atoms with van der Waals surface area (Å²) in [5.41, 5.74) is 1.22. The highest BCUT2D eigenvalue weighted by atomic mass is 16.5. The van der Waals surface area contributed by atoms with Crippen molar-refractivity contribution in [1.29, 1.82) is 0 Å². The van der Waals surface area contributed by atoms with Gasteiger partial charge in [-0.2, -0.15) is 0 Å². The standard InChI is InChI=1S/C16H21NO4/c1-10-3-8-14(18)13(9-10)15(19)17-12-6-4-11(5-7-12)16(20)21-2/h3,8-9,11-12,18H,4-7H2,1-2H3,(H,17,19). The van der Waals surface area contributed by atoms with Crippen LogP contribution in [-0.4, -0.2) is 30.1 Å². The van der Waals surface area contributed by atoms with E-state index in [1.165, 1.54) is 13.2 Å². The second kappa shape index (κ2) is 6.61. The molecule has 1 aromatic rings. The molecule has 0 radical (unpaired) electrons. The highest BCUT2D eigenvalue weighted by molar-refractivity contribution is 5.97. The van der Waals surface area contributed by atoms with Crippen molar-refractivity contribution < 1.29 is 19.4 Å². The highest BCUT2D eigenvalue weighted by Gasteiger charge is 2.28. The minimum Gasteiger partial charge on any atom is -0.507 e. The molecule has 0 aliphatic heterocycles. The number of phenolic OH excluding ortho intramolecular Hbond substituents is 1. The van der Waals surface area contributed by atoms with Crippen molar-refractivity contribution in [2.45, 2.75) is 38.6 Å². The van der Waals surface area contributed by atoms with Crippen molar-refractivity contribution >= 4 is 11.9 Å². The Morgan fingerprint density at radius 1 is 1.24 bits per heavy atom. The summed E-state index contributed by atoms with van der Waals surface area (Å²) in [4.78, 5) is 23.7. The zero-order valence-corrected chi connectivity index (χ0v) is 12.4. The van der Waals surface area contributed by atoms with Crippen molar-refractivity contribution in [1.82, 2.24) is 5.32 Å². The quantitative estimate of drug-likeness (QED) is 0.837. The lowest BCUT2D eigenvalue weighted by molar-refractivity contribution is -0.146. The van der Waals surface area contributed by atoms with E-state index in [1.807, 2.05) is 6.92 Å². The molecular weight excluding hydrogens is 270 g/mol. The monoisotopic (exact) mass is 291 g/mol. The third kappa shape index (κ3) is 3.74. The zero-order chi connectivity index (χ0) is 15.4. The van der Waals surface area contributed by atoms with E-state index in [-0.39, 0.29) is 29.6 Å². The van der Waals surface area contributed by atoms with Crippen LogP contribution in [0, 0.1) is 12.8 Å². The molecular formula is C16H21NO4. The maximum atomic E-state index is 12.2. The van der Waals surface area contributed by atoms with E-state index < -0.39 is 0 Å². The van der Waals surface area contributed by atoms with Gasteiger partial charge in [0.2, 0.25) is 0 Å². The van der Waals surface area contributed by atoms with E-state index in [1.54, 1.807) is 12.1 Å². The Morgan fingerprint density at radius 2 is 1.90 bits per heavy atom. The van der Waals surface area contributed by atoms with E-state index in [0.717, 1.165) is 31.2 Å². The van der Waals surface area contributed by atoms with Gasteiger partial charge in [0.1, 0.15) is 5.75 Å². The molecule has 21 heavy (non-hydrogen) atoms. The lowest BCUT2D eigenvalue weighted by atomic mass is 9.86. The number of phenols is 1. The molecule has 0 spiro atoms. The van der Waals surface area contributed by atoms with Crippen LogP contribution in [-0.2, 0) is 9.53 Å². The van der Waals surface area contributed by atoms with E-state index in [2.05, 4.69) is 5.32 Å². The molecule has 5 nitrogen and oxygen atoms in total. The summed E-state index contributed by atoms with van der Waals surface area (Å²) >= 11 is 0. The molecule has 0 saturated heterocycles. The lowest BCUT2D eigenvalue weighted by Gasteiger charge is -2.27. The van der Waals surface area contributed by atoms with E-state index in [0.29, 0.717) is 5.56 Å². The number of aromatic hydroxyl groups is 1. The molecule has 1 amide bonds. The Kier molecular flexibility index (Phi) is 4.83. The molecule has 0 bridgehead atoms. The first-order valence-corrected chi connectivity index (χ1v) is 7.19. The predicted octanol–water partition coefficient (Wildman–Crippen LogP) is 2.16. The highest BCUT2D eigenvalue weighted by Crippen LogP contribution is 2.26. The van der Waals surface area contributed by atoms with Crippen LogP contribution in [0.25, 0.3) is 0 Å². The molecule has 1 aromatic carbocycles. The summed E-state index contributed by atoms with van der Waals surface area (Å²) in [5.74, 6) is -0.509. The molecule has 0 heterocycles. The Bertz CT molecular complexity index is 533. The van der Waals surface area contributed by atoms with Gasteiger partial charge in [-0.05, 0) is 44.7 Å². The first-order chi connectivity index (χ1) is 10.0. The average Bonchev–Trinajstić information content (AvgIpc) is 2.49. The number of amides is 1. The molecule has 1 fully saturated rings. The van der Waals surface area contributed by atoms with E-state index in [9.17, 15) is 14.7 Å². The van der Waals surface area contributed by atoms with Gasteiger partial charge in [-0.3, -0.25) is 9.59 Å². The molecule has 1 aliphatic rings. The molecule has 1 saturated carbocycles. The lowest BCUT2D eigenvalue weighted by Crippen LogP contribution is -2.38. The fraction of sp³-hybridized carbons (Fsp3) is 0.500. The molecule has 114 valence electrons. The van der Waals surface area contributed by atoms with Crippen molar-refractivity contribution in [3.8, 4) is 5.75 Å². The molecule has 0 unspecified atom stereocenters. The molecule has 2 rings (SSSR count). The Labute approximate surface area is 124 Å². The summed E-state index contributed by atoms with van der Waals surface area (Å²) in [6, 6.07) is 5.00. The van der Waals surface area contributed by atoms with Crippen LogP contribution in [0.15, 0.2) is 18.2 Å². The Hall–Kier alpha value is -2.04. The van der Waals surface area contributed by atoms with Crippen molar-refractivity contribution in [3.05, 3.63) is 29.3 Å². The van der Waals surface area contributed by atoms with Gasteiger partial charge in [0.05, 0.1) is 18.6 Å². The zero-order valence-electron chi connectivity index (χ0n) is 12.4. The van der Waals surface area contributed by atoms with Crippen LogP contribution in [0.2, 0.25) is 0 Å². The number of hydrogen-bond acceptors (Lipinski definition) is 4. The fourth-order valence-corrected chi connectivity index (χ4v) is 2.74. The molecule has 5 heteroatoms. The minimum atomic E-state index is -0.266. The van der Waals surface area contributed by atoms with Gasteiger partial charge < -0.3 is 15.2 Å². The van der Waals surface area contributed by atoms with Crippen molar-refractivity contribution in [2.24, 2.45) is 5.92 Å². The van der Waals surface area contributed by atoms with E-state index in [4.69, 9.17) is 4.74 Å². The first kappa shape index (κ1) is 15.4. The van der Waals surface area contributed by atoms with Crippen LogP contribution in [0.4, 0.5) is 0 Å². The number of rotatable bonds is 3. The maximum absolute atomic E-state index is 12.2. The van der Waals surface area contributed by atoms with Crippen molar-refractivity contribution in [2.75, 3.05) is 7.11 Å². The van der Waals surface area contributed by atoms with Gasteiger partial charge in [-0.15, -0.1) is 0 Å². The number of benzene rings is 1. The number of hydrogen-bond donors (Lipinski definition) is 2. The third-order valence-electron chi connectivity index (χ3n) is 3.99. The third-order valence-corrected chi connectivity index (χ3v) is 3.99. The summed E-state index contributed by atoms with van der Waals surface area (Å²) in [6.45, 7) is 1.87. The fourth-order valence-electron chi connectivity index (χ4n) is 2.74. The predicted molar refractivity (Wildman–Crippen MR) is 78.1 cm³/mol. The number of ether oxygens (including phenoxy) is 1. The van der Waals surface area contributed by atoms with Gasteiger partial charge in [-0.25, -0.2) is 0 Å². The second-order valence-electron chi connectivity index (χ2n) is 5.57. The van der Waals surface area contributed by atoms with Crippen LogP contribution in [0.1, 0.15) is 41.6 Å². The van der Waals surface area contributed by atoms with Gasteiger partial charge in [0, 0.05) is 6.04 Å². The van der Waals surface area contributed by atoms with Crippen LogP contribution in [0.3, 0.4) is 0 Å². The smallest absolute Gasteiger partial charge is 0.308 e. The van der Waals surface area contributed by atoms with Crippen LogP contribution >= 0.6 is 0 Å². The van der Waals surface area contributed by atoms with Gasteiger partial charge >= 0.3 is 5.97 Å². The Balaban J connectivity index is 1.93. The Morgan fingerprint density at radius 3 is 2.52 bits per heavy atom. The number of methoxy groups -OCH3 is 1. The molecule has 1 aliphatic carbocycles. The van der Waals surface area contributed by atoms with Gasteiger partial charge in [0.25, 0.3) is 5.91 Å².